The number of urea groups is 1. The van der Waals surface area contributed by atoms with Crippen molar-refractivity contribution in [1.82, 2.24) is 9.88 Å². The largest absolute Gasteiger partial charge is 0.355 e. The highest BCUT2D eigenvalue weighted by atomic mass is 19.2. The third kappa shape index (κ3) is 5.48. The Morgan fingerprint density at radius 1 is 0.882 bits per heavy atom. The third-order valence-electron chi connectivity index (χ3n) is 5.67. The van der Waals surface area contributed by atoms with E-state index in [9.17, 15) is 18.4 Å². The Bertz CT molecular complexity index is 1190. The quantitative estimate of drug-likeness (QED) is 0.587. The topological polar surface area (TPSA) is 77.6 Å². The number of aryl methyl sites for hydroxylation is 1. The van der Waals surface area contributed by atoms with Gasteiger partial charge in [0.05, 0.1) is 11.9 Å². The van der Waals surface area contributed by atoms with Gasteiger partial charge >= 0.3 is 6.03 Å². The zero-order valence-corrected chi connectivity index (χ0v) is 18.7. The monoisotopic (exact) mass is 465 g/mol. The molecular formula is C25H25F2N5O2. The number of carbonyl (C=O) groups excluding carboxylic acids is 2. The number of hydrogen-bond acceptors (Lipinski definition) is 4. The minimum absolute atomic E-state index is 0.0412. The van der Waals surface area contributed by atoms with Gasteiger partial charge in [0.1, 0.15) is 5.82 Å². The predicted molar refractivity (Wildman–Crippen MR) is 127 cm³/mol. The van der Waals surface area contributed by atoms with Crippen molar-refractivity contribution in [3.8, 4) is 0 Å². The van der Waals surface area contributed by atoms with E-state index in [2.05, 4.69) is 20.5 Å². The Morgan fingerprint density at radius 3 is 2.38 bits per heavy atom. The van der Waals surface area contributed by atoms with Gasteiger partial charge in [0.2, 0.25) is 0 Å². The molecule has 0 bridgehead atoms. The van der Waals surface area contributed by atoms with Crippen molar-refractivity contribution in [3.63, 3.8) is 0 Å². The fourth-order valence-corrected chi connectivity index (χ4v) is 3.85. The Kier molecular flexibility index (Phi) is 7.01. The molecule has 1 fully saturated rings. The number of pyridine rings is 1. The third-order valence-corrected chi connectivity index (χ3v) is 5.67. The maximum atomic E-state index is 13.3. The van der Waals surface area contributed by atoms with Crippen LogP contribution in [0.5, 0.6) is 0 Å². The molecule has 3 aromatic rings. The summed E-state index contributed by atoms with van der Waals surface area (Å²) in [5, 5.41) is 5.06. The van der Waals surface area contributed by atoms with Crippen LogP contribution in [0.1, 0.15) is 22.3 Å². The van der Waals surface area contributed by atoms with Crippen molar-refractivity contribution in [2.45, 2.75) is 13.3 Å². The Balaban J connectivity index is 1.33. The van der Waals surface area contributed by atoms with Gasteiger partial charge < -0.3 is 20.4 Å². The first-order chi connectivity index (χ1) is 16.4. The lowest BCUT2D eigenvalue weighted by Crippen LogP contribution is -2.35. The lowest BCUT2D eigenvalue weighted by molar-refractivity contribution is 0.0766. The van der Waals surface area contributed by atoms with Crippen molar-refractivity contribution >= 4 is 29.1 Å². The molecule has 0 spiro atoms. The predicted octanol–water partition coefficient (Wildman–Crippen LogP) is 4.66. The van der Waals surface area contributed by atoms with Crippen LogP contribution >= 0.6 is 0 Å². The van der Waals surface area contributed by atoms with Crippen LogP contribution < -0.4 is 15.5 Å². The van der Waals surface area contributed by atoms with Crippen LogP contribution in [0, 0.1) is 18.6 Å². The molecule has 1 saturated heterocycles. The summed E-state index contributed by atoms with van der Waals surface area (Å²) in [6.07, 6.45) is 2.34. The molecule has 9 heteroatoms. The summed E-state index contributed by atoms with van der Waals surface area (Å²) >= 11 is 0. The number of rotatable bonds is 4. The Hall–Kier alpha value is -4.01. The standard InChI is InChI=1S/C25H25F2N5O2/c1-17-5-2-3-6-20(17)24(33)32-12-4-11-31(13-14-32)23-10-8-19(16-28-23)30-25(34)29-18-7-9-21(26)22(27)15-18/h2-3,5-10,15-16H,4,11-14H2,1H3,(H2,29,30,34). The second kappa shape index (κ2) is 10.3. The highest BCUT2D eigenvalue weighted by Gasteiger charge is 2.22. The van der Waals surface area contributed by atoms with Crippen LogP contribution in [0.4, 0.5) is 30.8 Å². The Labute approximate surface area is 196 Å². The minimum Gasteiger partial charge on any atom is -0.355 e. The average molecular weight is 466 g/mol. The molecule has 2 aromatic carbocycles. The summed E-state index contributed by atoms with van der Waals surface area (Å²) in [6.45, 7) is 4.61. The molecule has 2 heterocycles. The number of halogens is 2. The van der Waals surface area contributed by atoms with Gasteiger partial charge in [-0.2, -0.15) is 0 Å². The normalized spacial score (nSPS) is 13.9. The number of amides is 3. The summed E-state index contributed by atoms with van der Waals surface area (Å²) in [7, 11) is 0. The van der Waals surface area contributed by atoms with Crippen LogP contribution in [0.15, 0.2) is 60.8 Å². The second-order valence-corrected chi connectivity index (χ2v) is 8.06. The molecule has 0 aliphatic carbocycles. The minimum atomic E-state index is -1.04. The van der Waals surface area contributed by atoms with Crippen LogP contribution in [0.25, 0.3) is 0 Å². The number of hydrogen-bond donors (Lipinski definition) is 2. The van der Waals surface area contributed by atoms with E-state index < -0.39 is 17.7 Å². The summed E-state index contributed by atoms with van der Waals surface area (Å²) < 4.78 is 26.3. The molecule has 176 valence electrons. The molecule has 1 aromatic heterocycles. The van der Waals surface area contributed by atoms with Gasteiger partial charge in [-0.3, -0.25) is 4.79 Å². The summed E-state index contributed by atoms with van der Waals surface area (Å²) in [5.74, 6) is -1.24. The van der Waals surface area contributed by atoms with Gasteiger partial charge in [0, 0.05) is 43.5 Å². The molecule has 7 nitrogen and oxygen atoms in total. The number of nitrogens with zero attached hydrogens (tertiary/aromatic N) is 3. The molecule has 3 amide bonds. The number of anilines is 3. The van der Waals surface area contributed by atoms with Gasteiger partial charge in [0.15, 0.2) is 11.6 Å². The molecule has 2 N–H and O–H groups in total. The fourth-order valence-electron chi connectivity index (χ4n) is 3.85. The molecule has 4 rings (SSSR count). The van der Waals surface area contributed by atoms with E-state index >= 15 is 0 Å². The van der Waals surface area contributed by atoms with E-state index in [1.165, 1.54) is 12.3 Å². The summed E-state index contributed by atoms with van der Waals surface area (Å²) in [6, 6.07) is 13.6. The fraction of sp³-hybridized carbons (Fsp3) is 0.240. The van der Waals surface area contributed by atoms with E-state index in [1.807, 2.05) is 36.1 Å². The Morgan fingerprint density at radius 2 is 1.65 bits per heavy atom. The molecule has 0 unspecified atom stereocenters. The second-order valence-electron chi connectivity index (χ2n) is 8.06. The number of benzene rings is 2. The number of aromatic nitrogens is 1. The first-order valence-electron chi connectivity index (χ1n) is 11.0. The number of carbonyl (C=O) groups is 2. The van der Waals surface area contributed by atoms with Crippen molar-refractivity contribution in [1.29, 1.82) is 0 Å². The molecular weight excluding hydrogens is 440 g/mol. The smallest absolute Gasteiger partial charge is 0.323 e. The van der Waals surface area contributed by atoms with E-state index in [0.29, 0.717) is 25.3 Å². The van der Waals surface area contributed by atoms with E-state index in [0.717, 1.165) is 42.0 Å². The first-order valence-corrected chi connectivity index (χ1v) is 11.0. The highest BCUT2D eigenvalue weighted by molar-refractivity contribution is 5.99. The van der Waals surface area contributed by atoms with E-state index in [1.54, 1.807) is 12.1 Å². The van der Waals surface area contributed by atoms with Gasteiger partial charge in [-0.25, -0.2) is 18.6 Å². The SMILES string of the molecule is Cc1ccccc1C(=O)N1CCCN(c2ccc(NC(=O)Nc3ccc(F)c(F)c3)cn2)CC1. The zero-order chi connectivity index (χ0) is 24.1. The van der Waals surface area contributed by atoms with Crippen molar-refractivity contribution in [2.24, 2.45) is 0 Å². The van der Waals surface area contributed by atoms with Gasteiger partial charge in [-0.15, -0.1) is 0 Å². The van der Waals surface area contributed by atoms with Crippen LogP contribution in [0.2, 0.25) is 0 Å². The molecule has 34 heavy (non-hydrogen) atoms. The van der Waals surface area contributed by atoms with E-state index in [-0.39, 0.29) is 11.6 Å². The van der Waals surface area contributed by atoms with Crippen LogP contribution in [0.3, 0.4) is 0 Å². The number of nitrogens with one attached hydrogen (secondary N) is 2. The average Bonchev–Trinajstić information content (AvgIpc) is 3.08. The molecule has 1 aliphatic heterocycles. The van der Waals surface area contributed by atoms with Gasteiger partial charge in [-0.05, 0) is 49.2 Å². The molecule has 0 saturated carbocycles. The van der Waals surface area contributed by atoms with Crippen LogP contribution in [-0.2, 0) is 0 Å². The summed E-state index contributed by atoms with van der Waals surface area (Å²) in [4.78, 5) is 33.5. The van der Waals surface area contributed by atoms with Crippen molar-refractivity contribution in [2.75, 3.05) is 41.7 Å². The van der Waals surface area contributed by atoms with Crippen molar-refractivity contribution < 1.29 is 18.4 Å². The maximum absolute atomic E-state index is 13.3. The van der Waals surface area contributed by atoms with Crippen molar-refractivity contribution in [3.05, 3.63) is 83.6 Å². The van der Waals surface area contributed by atoms with E-state index in [4.69, 9.17) is 0 Å². The first kappa shape index (κ1) is 23.2. The lowest BCUT2D eigenvalue weighted by atomic mass is 10.1. The highest BCUT2D eigenvalue weighted by Crippen LogP contribution is 2.19. The molecule has 0 atom stereocenters. The summed E-state index contributed by atoms with van der Waals surface area (Å²) in [5.41, 5.74) is 2.28. The molecule has 1 aliphatic rings. The van der Waals surface area contributed by atoms with Gasteiger partial charge in [0.25, 0.3) is 5.91 Å². The maximum Gasteiger partial charge on any atom is 0.323 e. The zero-order valence-electron chi connectivity index (χ0n) is 18.7. The van der Waals surface area contributed by atoms with Crippen LogP contribution in [-0.4, -0.2) is 48.0 Å². The van der Waals surface area contributed by atoms with Gasteiger partial charge in [-0.1, -0.05) is 18.2 Å². The molecule has 0 radical (unpaired) electrons. The lowest BCUT2D eigenvalue weighted by Gasteiger charge is -2.23.